The molecule has 0 aliphatic heterocycles. The van der Waals surface area contributed by atoms with Crippen molar-refractivity contribution in [1.82, 2.24) is 4.98 Å². The Morgan fingerprint density at radius 2 is 1.92 bits per heavy atom. The van der Waals surface area contributed by atoms with Crippen molar-refractivity contribution in [1.29, 1.82) is 0 Å². The van der Waals surface area contributed by atoms with Crippen LogP contribution in [0, 0.1) is 11.6 Å². The maximum Gasteiger partial charge on any atom is 0.307 e. The second-order valence-corrected chi connectivity index (χ2v) is 7.63. The van der Waals surface area contributed by atoms with E-state index in [1.807, 2.05) is 24.3 Å². The zero-order valence-corrected chi connectivity index (χ0v) is 15.0. The Kier molecular flexibility index (Phi) is 5.95. The lowest BCUT2D eigenvalue weighted by Crippen LogP contribution is -2.14. The van der Waals surface area contributed by atoms with E-state index in [0.29, 0.717) is 5.75 Å². The van der Waals surface area contributed by atoms with Crippen molar-refractivity contribution in [3.8, 4) is 0 Å². The molecule has 0 bridgehead atoms. The van der Waals surface area contributed by atoms with Gasteiger partial charge in [-0.2, -0.15) is 0 Å². The van der Waals surface area contributed by atoms with Crippen molar-refractivity contribution in [3.05, 3.63) is 59.7 Å². The number of thiazole rings is 1. The van der Waals surface area contributed by atoms with Crippen molar-refractivity contribution >= 4 is 45.1 Å². The first-order valence-corrected chi connectivity index (χ1v) is 9.45. The van der Waals surface area contributed by atoms with Crippen LogP contribution in [0.15, 0.2) is 46.8 Å². The molecule has 0 saturated heterocycles. The van der Waals surface area contributed by atoms with Crippen molar-refractivity contribution in [2.45, 2.75) is 10.8 Å². The number of esters is 1. The quantitative estimate of drug-likeness (QED) is 0.336. The average Bonchev–Trinajstić information content (AvgIpc) is 3.04. The molecule has 3 rings (SSSR count). The number of aromatic nitrogens is 1. The topological polar surface area (TPSA) is 56.3 Å². The third-order valence-electron chi connectivity index (χ3n) is 3.41. The minimum absolute atomic E-state index is 0.0412. The Morgan fingerprint density at radius 1 is 1.12 bits per heavy atom. The summed E-state index contributed by atoms with van der Waals surface area (Å²) in [7, 11) is 0. The van der Waals surface area contributed by atoms with E-state index in [-0.39, 0.29) is 12.0 Å². The highest BCUT2D eigenvalue weighted by atomic mass is 32.2. The predicted molar refractivity (Wildman–Crippen MR) is 96.6 cm³/mol. The number of ether oxygens (including phenoxy) is 1. The number of ketones is 1. The number of halogens is 2. The third kappa shape index (κ3) is 4.64. The molecule has 1 aromatic heterocycles. The van der Waals surface area contributed by atoms with Gasteiger partial charge >= 0.3 is 5.97 Å². The molecule has 0 fully saturated rings. The molecule has 0 aliphatic rings. The summed E-state index contributed by atoms with van der Waals surface area (Å²) in [5.41, 5.74) is 0.875. The molecule has 0 N–H and O–H groups in total. The Bertz CT molecular complexity index is 926. The number of carbonyl (C=O) groups is 2. The van der Waals surface area contributed by atoms with Gasteiger partial charge in [0.05, 0.1) is 16.6 Å². The normalized spacial score (nSPS) is 10.8. The Morgan fingerprint density at radius 3 is 2.69 bits per heavy atom. The second kappa shape index (κ2) is 8.37. The number of hydrogen-bond donors (Lipinski definition) is 0. The van der Waals surface area contributed by atoms with Crippen LogP contribution in [0.3, 0.4) is 0 Å². The van der Waals surface area contributed by atoms with Gasteiger partial charge in [0.2, 0.25) is 0 Å². The lowest BCUT2D eigenvalue weighted by molar-refractivity contribution is -0.141. The molecule has 134 valence electrons. The van der Waals surface area contributed by atoms with Gasteiger partial charge in [0.1, 0.15) is 0 Å². The first-order chi connectivity index (χ1) is 12.5. The molecule has 4 nitrogen and oxygen atoms in total. The number of thioether (sulfide) groups is 1. The van der Waals surface area contributed by atoms with Gasteiger partial charge in [0.25, 0.3) is 0 Å². The van der Waals surface area contributed by atoms with Crippen molar-refractivity contribution < 1.29 is 23.1 Å². The molecule has 1 heterocycles. The maximum absolute atomic E-state index is 13.1. The van der Waals surface area contributed by atoms with Crippen molar-refractivity contribution in [2.24, 2.45) is 0 Å². The lowest BCUT2D eigenvalue weighted by atomic mass is 10.1. The standard InChI is InChI=1S/C18H13F2NO3S2/c19-12-6-5-11(9-13(12)20)15(22)10-24-17(23)7-8-25-18-21-14-3-1-2-4-16(14)26-18/h1-6,9H,7-8,10H2. The molecule has 3 aromatic rings. The van der Waals surface area contributed by atoms with E-state index in [1.54, 1.807) is 11.3 Å². The summed E-state index contributed by atoms with van der Waals surface area (Å²) < 4.78 is 32.8. The van der Waals surface area contributed by atoms with Gasteiger partial charge in [-0.05, 0) is 30.3 Å². The molecule has 0 aliphatic carbocycles. The zero-order valence-electron chi connectivity index (χ0n) is 13.4. The van der Waals surface area contributed by atoms with Crippen LogP contribution in [0.4, 0.5) is 8.78 Å². The van der Waals surface area contributed by atoms with Crippen LogP contribution in [-0.4, -0.2) is 29.1 Å². The minimum Gasteiger partial charge on any atom is -0.457 e. The number of benzene rings is 2. The highest BCUT2D eigenvalue weighted by molar-refractivity contribution is 8.01. The molecule has 0 radical (unpaired) electrons. The summed E-state index contributed by atoms with van der Waals surface area (Å²) in [4.78, 5) is 28.0. The van der Waals surface area contributed by atoms with E-state index in [2.05, 4.69) is 4.98 Å². The fourth-order valence-electron chi connectivity index (χ4n) is 2.11. The summed E-state index contributed by atoms with van der Waals surface area (Å²) in [6.07, 6.45) is 0.117. The summed E-state index contributed by atoms with van der Waals surface area (Å²) in [6.45, 7) is -0.504. The fourth-order valence-corrected chi connectivity index (χ4v) is 4.16. The van der Waals surface area contributed by atoms with E-state index in [9.17, 15) is 18.4 Å². The number of Topliss-reactive ketones (excluding diaryl/α,β-unsaturated/α-hetero) is 1. The van der Waals surface area contributed by atoms with Gasteiger partial charge in [0.15, 0.2) is 28.4 Å². The highest BCUT2D eigenvalue weighted by Crippen LogP contribution is 2.29. The van der Waals surface area contributed by atoms with Gasteiger partial charge in [-0.15, -0.1) is 11.3 Å². The molecular formula is C18H13F2NO3S2. The van der Waals surface area contributed by atoms with Crippen LogP contribution in [0.25, 0.3) is 10.2 Å². The Balaban J connectivity index is 1.43. The summed E-state index contributed by atoms with van der Waals surface area (Å²) in [5.74, 6) is -2.80. The Labute approximate surface area is 156 Å². The number of para-hydroxylation sites is 1. The fraction of sp³-hybridized carbons (Fsp3) is 0.167. The largest absolute Gasteiger partial charge is 0.457 e. The average molecular weight is 393 g/mol. The molecular weight excluding hydrogens is 380 g/mol. The summed E-state index contributed by atoms with van der Waals surface area (Å²) in [6, 6.07) is 10.6. The summed E-state index contributed by atoms with van der Waals surface area (Å²) >= 11 is 2.99. The van der Waals surface area contributed by atoms with Crippen LogP contribution in [0.2, 0.25) is 0 Å². The van der Waals surface area contributed by atoms with Gasteiger partial charge in [-0.1, -0.05) is 23.9 Å². The Hall–Kier alpha value is -2.32. The third-order valence-corrected chi connectivity index (χ3v) is 5.59. The van der Waals surface area contributed by atoms with Crippen molar-refractivity contribution in [3.63, 3.8) is 0 Å². The first-order valence-electron chi connectivity index (χ1n) is 7.65. The SMILES string of the molecule is O=C(CCSc1nc2ccccc2s1)OCC(=O)c1ccc(F)c(F)c1. The number of fused-ring (bicyclic) bond motifs is 1. The number of nitrogens with zero attached hydrogens (tertiary/aromatic N) is 1. The molecule has 8 heteroatoms. The van der Waals surface area contributed by atoms with Gasteiger partial charge < -0.3 is 4.74 Å². The van der Waals surface area contributed by atoms with Crippen molar-refractivity contribution in [2.75, 3.05) is 12.4 Å². The van der Waals surface area contributed by atoms with Crippen LogP contribution in [-0.2, 0) is 9.53 Å². The van der Waals surface area contributed by atoms with E-state index in [0.717, 1.165) is 32.8 Å². The molecule has 26 heavy (non-hydrogen) atoms. The predicted octanol–water partition coefficient (Wildman–Crippen LogP) is 4.48. The van der Waals surface area contributed by atoms with Gasteiger partial charge in [-0.3, -0.25) is 9.59 Å². The number of hydrogen-bond acceptors (Lipinski definition) is 6. The monoisotopic (exact) mass is 393 g/mol. The molecule has 0 amide bonds. The number of rotatable bonds is 7. The van der Waals surface area contributed by atoms with Gasteiger partial charge in [-0.25, -0.2) is 13.8 Å². The van der Waals surface area contributed by atoms with Crippen LogP contribution >= 0.6 is 23.1 Å². The smallest absolute Gasteiger partial charge is 0.307 e. The van der Waals surface area contributed by atoms with Crippen LogP contribution < -0.4 is 0 Å². The van der Waals surface area contributed by atoms with Gasteiger partial charge in [0, 0.05) is 11.3 Å². The van der Waals surface area contributed by atoms with Crippen LogP contribution in [0.5, 0.6) is 0 Å². The lowest BCUT2D eigenvalue weighted by Gasteiger charge is -2.04. The molecule has 0 saturated carbocycles. The molecule has 0 atom stereocenters. The van der Waals surface area contributed by atoms with Crippen LogP contribution in [0.1, 0.15) is 16.8 Å². The van der Waals surface area contributed by atoms with E-state index in [4.69, 9.17) is 4.74 Å². The molecule has 2 aromatic carbocycles. The minimum atomic E-state index is -1.12. The molecule has 0 spiro atoms. The number of carbonyl (C=O) groups excluding carboxylic acids is 2. The van der Waals surface area contributed by atoms with E-state index in [1.165, 1.54) is 11.8 Å². The van der Waals surface area contributed by atoms with E-state index < -0.39 is 30.0 Å². The first kappa shape index (κ1) is 18.5. The highest BCUT2D eigenvalue weighted by Gasteiger charge is 2.13. The van der Waals surface area contributed by atoms with E-state index >= 15 is 0 Å². The maximum atomic E-state index is 13.1. The molecule has 0 unspecified atom stereocenters. The summed E-state index contributed by atoms with van der Waals surface area (Å²) in [5, 5.41) is 0. The zero-order chi connectivity index (χ0) is 18.5. The second-order valence-electron chi connectivity index (χ2n) is 5.26.